The van der Waals surface area contributed by atoms with Crippen LogP contribution in [0.4, 0.5) is 5.69 Å². The van der Waals surface area contributed by atoms with Crippen molar-refractivity contribution in [1.29, 1.82) is 0 Å². The van der Waals surface area contributed by atoms with Crippen molar-refractivity contribution in [3.05, 3.63) is 71.8 Å². The van der Waals surface area contributed by atoms with Crippen molar-refractivity contribution in [1.82, 2.24) is 4.90 Å². The van der Waals surface area contributed by atoms with Gasteiger partial charge in [0.2, 0.25) is 0 Å². The molecule has 0 aromatic heterocycles. The van der Waals surface area contributed by atoms with Crippen molar-refractivity contribution < 1.29 is 9.53 Å². The second kappa shape index (κ2) is 6.79. The lowest BCUT2D eigenvalue weighted by Gasteiger charge is -2.38. The van der Waals surface area contributed by atoms with E-state index in [9.17, 15) is 4.79 Å². The molecule has 1 aliphatic rings. The minimum absolute atomic E-state index is 0.0338. The van der Waals surface area contributed by atoms with Crippen LogP contribution in [-0.4, -0.2) is 24.0 Å². The Kier molecular flexibility index (Phi) is 4.56. The van der Waals surface area contributed by atoms with E-state index < -0.39 is 0 Å². The number of fused-ring (bicyclic) bond motifs is 1. The van der Waals surface area contributed by atoms with Crippen LogP contribution in [0.5, 0.6) is 5.75 Å². The monoisotopic (exact) mass is 322 g/mol. The number of rotatable bonds is 5. The molecular formula is C20H22N2O2. The molecule has 124 valence electrons. The van der Waals surface area contributed by atoms with Gasteiger partial charge in [-0.25, -0.2) is 0 Å². The lowest BCUT2D eigenvalue weighted by atomic mass is 10.0. The molecule has 0 saturated heterocycles. The lowest BCUT2D eigenvalue weighted by molar-refractivity contribution is 0.0692. The van der Waals surface area contributed by atoms with Crippen molar-refractivity contribution in [3.8, 4) is 5.75 Å². The van der Waals surface area contributed by atoms with Gasteiger partial charge < -0.3 is 15.0 Å². The van der Waals surface area contributed by atoms with Gasteiger partial charge >= 0.3 is 0 Å². The highest BCUT2D eigenvalue weighted by Gasteiger charge is 2.33. The zero-order valence-electron chi connectivity index (χ0n) is 14.1. The Bertz CT molecular complexity index is 770. The molecule has 2 aromatic rings. The molecule has 1 amide bonds. The van der Waals surface area contributed by atoms with E-state index in [0.717, 1.165) is 22.6 Å². The van der Waals surface area contributed by atoms with Crippen LogP contribution in [0.3, 0.4) is 0 Å². The second-order valence-corrected chi connectivity index (χ2v) is 5.97. The molecule has 0 bridgehead atoms. The first kappa shape index (κ1) is 16.1. The van der Waals surface area contributed by atoms with Crippen LogP contribution < -0.4 is 10.1 Å². The van der Waals surface area contributed by atoms with E-state index in [1.807, 2.05) is 67.3 Å². The summed E-state index contributed by atoms with van der Waals surface area (Å²) in [5.74, 6) is 0.801. The summed E-state index contributed by atoms with van der Waals surface area (Å²) in [6, 6.07) is 15.4. The number of hydrogen-bond acceptors (Lipinski definition) is 3. The second-order valence-electron chi connectivity index (χ2n) is 5.97. The fraction of sp³-hybridized carbons (Fsp3) is 0.250. The van der Waals surface area contributed by atoms with Gasteiger partial charge in [0.1, 0.15) is 18.5 Å². The maximum Gasteiger partial charge on any atom is 0.257 e. The molecule has 2 aromatic carbocycles. The summed E-state index contributed by atoms with van der Waals surface area (Å²) in [7, 11) is 0. The van der Waals surface area contributed by atoms with Crippen LogP contribution in [-0.2, 0) is 0 Å². The number of anilines is 1. The molecule has 3 rings (SSSR count). The molecular weight excluding hydrogens is 300 g/mol. The summed E-state index contributed by atoms with van der Waals surface area (Å²) in [6.07, 6.45) is -0.251. The van der Waals surface area contributed by atoms with E-state index in [1.54, 1.807) is 0 Å². The fourth-order valence-corrected chi connectivity index (χ4v) is 2.90. The Hall–Kier alpha value is -2.75. The topological polar surface area (TPSA) is 41.6 Å². The number of amides is 1. The van der Waals surface area contributed by atoms with Crippen molar-refractivity contribution in [3.63, 3.8) is 0 Å². The number of carbonyl (C=O) groups excluding carboxylic acids is 1. The maximum absolute atomic E-state index is 12.8. The number of carbonyl (C=O) groups is 1. The highest BCUT2D eigenvalue weighted by atomic mass is 16.5. The molecule has 1 heterocycles. The van der Waals surface area contributed by atoms with Gasteiger partial charge in [0.05, 0.1) is 5.56 Å². The van der Waals surface area contributed by atoms with Crippen LogP contribution >= 0.6 is 0 Å². The van der Waals surface area contributed by atoms with E-state index >= 15 is 0 Å². The van der Waals surface area contributed by atoms with E-state index in [0.29, 0.717) is 18.7 Å². The standard InChI is InChI=1S/C20H22N2O2/c1-4-22-19(21-17-11-7-5-9-15(17)20(22)23)16-10-6-8-12-18(16)24-13-14(2)3/h5-12,19,21H,2,4,13H2,1,3H3. The Morgan fingerprint density at radius 1 is 1.21 bits per heavy atom. The van der Waals surface area contributed by atoms with E-state index in [1.165, 1.54) is 0 Å². The number of hydrogen-bond donors (Lipinski definition) is 1. The van der Waals surface area contributed by atoms with Crippen molar-refractivity contribution in [2.24, 2.45) is 0 Å². The zero-order chi connectivity index (χ0) is 17.1. The molecule has 4 nitrogen and oxygen atoms in total. The average molecular weight is 322 g/mol. The minimum atomic E-state index is -0.251. The SMILES string of the molecule is C=C(C)COc1ccccc1C1Nc2ccccc2C(=O)N1CC. The summed E-state index contributed by atoms with van der Waals surface area (Å²) in [4.78, 5) is 14.7. The Balaban J connectivity index is 2.00. The normalized spacial score (nSPS) is 16.3. The highest BCUT2D eigenvalue weighted by molar-refractivity contribution is 6.01. The molecule has 24 heavy (non-hydrogen) atoms. The molecule has 0 fully saturated rings. The Labute approximate surface area is 142 Å². The molecule has 1 atom stereocenters. The summed E-state index contributed by atoms with van der Waals surface area (Å²) < 4.78 is 5.89. The third kappa shape index (κ3) is 3.00. The predicted molar refractivity (Wildman–Crippen MR) is 96.3 cm³/mol. The van der Waals surface area contributed by atoms with Gasteiger partial charge in [-0.15, -0.1) is 0 Å². The molecule has 0 saturated carbocycles. The van der Waals surface area contributed by atoms with E-state index in [2.05, 4.69) is 11.9 Å². The van der Waals surface area contributed by atoms with Crippen molar-refractivity contribution in [2.45, 2.75) is 20.0 Å². The highest BCUT2D eigenvalue weighted by Crippen LogP contribution is 2.36. The van der Waals surface area contributed by atoms with Gasteiger partial charge in [0, 0.05) is 17.8 Å². The van der Waals surface area contributed by atoms with Crippen LogP contribution in [0.2, 0.25) is 0 Å². The molecule has 4 heteroatoms. The Morgan fingerprint density at radius 2 is 1.92 bits per heavy atom. The van der Waals surface area contributed by atoms with Gasteiger partial charge in [-0.2, -0.15) is 0 Å². The molecule has 1 unspecified atom stereocenters. The zero-order valence-corrected chi connectivity index (χ0v) is 14.1. The quantitative estimate of drug-likeness (QED) is 0.838. The number of para-hydroxylation sites is 2. The number of nitrogens with one attached hydrogen (secondary N) is 1. The van der Waals surface area contributed by atoms with Gasteiger partial charge in [0.15, 0.2) is 0 Å². The first-order chi connectivity index (χ1) is 11.6. The largest absolute Gasteiger partial charge is 0.489 e. The summed E-state index contributed by atoms with van der Waals surface area (Å²) in [6.45, 7) is 8.86. The van der Waals surface area contributed by atoms with Crippen molar-refractivity contribution in [2.75, 3.05) is 18.5 Å². The Morgan fingerprint density at radius 3 is 2.67 bits per heavy atom. The first-order valence-corrected chi connectivity index (χ1v) is 8.14. The van der Waals surface area contributed by atoms with Gasteiger partial charge in [-0.1, -0.05) is 36.9 Å². The van der Waals surface area contributed by atoms with Crippen LogP contribution in [0, 0.1) is 0 Å². The number of ether oxygens (including phenoxy) is 1. The molecule has 1 aliphatic heterocycles. The third-order valence-corrected chi connectivity index (χ3v) is 4.05. The minimum Gasteiger partial charge on any atom is -0.489 e. The lowest BCUT2D eigenvalue weighted by Crippen LogP contribution is -2.42. The van der Waals surface area contributed by atoms with Crippen LogP contribution in [0.25, 0.3) is 0 Å². The van der Waals surface area contributed by atoms with Gasteiger partial charge in [-0.3, -0.25) is 4.79 Å². The average Bonchev–Trinajstić information content (AvgIpc) is 2.60. The summed E-state index contributed by atoms with van der Waals surface area (Å²) in [5, 5.41) is 3.48. The molecule has 0 spiro atoms. The smallest absolute Gasteiger partial charge is 0.257 e. The van der Waals surface area contributed by atoms with E-state index in [-0.39, 0.29) is 12.1 Å². The molecule has 0 aliphatic carbocycles. The molecule has 1 N–H and O–H groups in total. The van der Waals surface area contributed by atoms with Gasteiger partial charge in [0.25, 0.3) is 5.91 Å². The maximum atomic E-state index is 12.8. The predicted octanol–water partition coefficient (Wildman–Crippen LogP) is 4.23. The number of benzene rings is 2. The van der Waals surface area contributed by atoms with Crippen LogP contribution in [0.1, 0.15) is 35.9 Å². The van der Waals surface area contributed by atoms with E-state index in [4.69, 9.17) is 4.74 Å². The van der Waals surface area contributed by atoms with Crippen LogP contribution in [0.15, 0.2) is 60.7 Å². The third-order valence-electron chi connectivity index (χ3n) is 4.05. The first-order valence-electron chi connectivity index (χ1n) is 8.14. The molecule has 0 radical (unpaired) electrons. The fourth-order valence-electron chi connectivity index (χ4n) is 2.90. The summed E-state index contributed by atoms with van der Waals surface area (Å²) in [5.41, 5.74) is 3.46. The number of nitrogens with zero attached hydrogens (tertiary/aromatic N) is 1. The van der Waals surface area contributed by atoms with Gasteiger partial charge in [-0.05, 0) is 37.6 Å². The summed E-state index contributed by atoms with van der Waals surface area (Å²) >= 11 is 0. The van der Waals surface area contributed by atoms with Crippen molar-refractivity contribution >= 4 is 11.6 Å².